The second-order valence-electron chi connectivity index (χ2n) is 4.29. The molecule has 1 fully saturated rings. The molecule has 15 heavy (non-hydrogen) atoms. The van der Waals surface area contributed by atoms with Gasteiger partial charge in [-0.2, -0.15) is 0 Å². The highest BCUT2D eigenvalue weighted by Gasteiger charge is 2.26. The van der Waals surface area contributed by atoms with E-state index in [1.54, 1.807) is 13.0 Å². The number of benzene rings is 1. The lowest BCUT2D eigenvalue weighted by Gasteiger charge is -2.38. The van der Waals surface area contributed by atoms with Crippen LogP contribution in [0.3, 0.4) is 0 Å². The molecule has 0 spiro atoms. The van der Waals surface area contributed by atoms with E-state index in [4.69, 9.17) is 5.11 Å². The van der Waals surface area contributed by atoms with Gasteiger partial charge < -0.3 is 5.11 Å². The van der Waals surface area contributed by atoms with Crippen molar-refractivity contribution in [2.75, 3.05) is 19.7 Å². The first kappa shape index (κ1) is 10.6. The Labute approximate surface area is 89.3 Å². The van der Waals surface area contributed by atoms with Gasteiger partial charge >= 0.3 is 0 Å². The van der Waals surface area contributed by atoms with Gasteiger partial charge in [-0.25, -0.2) is 4.39 Å². The summed E-state index contributed by atoms with van der Waals surface area (Å²) in [6.07, 6.45) is 0. The number of hydrogen-bond donors (Lipinski definition) is 1. The standard InChI is InChI=1S/C12H16FNO/c1-9-3-2-4-11(12(9)13)7-14-5-10(6-14)8-15/h2-4,10,15H,5-8H2,1H3. The first-order valence-corrected chi connectivity index (χ1v) is 5.28. The van der Waals surface area contributed by atoms with Crippen LogP contribution in [0.4, 0.5) is 4.39 Å². The number of nitrogens with zero attached hydrogens (tertiary/aromatic N) is 1. The van der Waals surface area contributed by atoms with Crippen molar-refractivity contribution in [3.8, 4) is 0 Å². The molecular formula is C12H16FNO. The van der Waals surface area contributed by atoms with Gasteiger partial charge in [-0.15, -0.1) is 0 Å². The molecule has 1 heterocycles. The molecule has 0 atom stereocenters. The maximum atomic E-state index is 13.6. The summed E-state index contributed by atoms with van der Waals surface area (Å²) in [5.41, 5.74) is 1.46. The van der Waals surface area contributed by atoms with Gasteiger partial charge in [-0.3, -0.25) is 4.90 Å². The molecule has 1 saturated heterocycles. The highest BCUT2D eigenvalue weighted by Crippen LogP contribution is 2.20. The zero-order valence-electron chi connectivity index (χ0n) is 8.91. The van der Waals surface area contributed by atoms with Crippen molar-refractivity contribution < 1.29 is 9.50 Å². The van der Waals surface area contributed by atoms with Gasteiger partial charge in [0.2, 0.25) is 0 Å². The largest absolute Gasteiger partial charge is 0.396 e. The van der Waals surface area contributed by atoms with Crippen LogP contribution in [0.25, 0.3) is 0 Å². The van der Waals surface area contributed by atoms with Crippen LogP contribution in [0.15, 0.2) is 18.2 Å². The minimum absolute atomic E-state index is 0.0926. The third kappa shape index (κ3) is 2.19. The van der Waals surface area contributed by atoms with E-state index in [0.29, 0.717) is 18.0 Å². The van der Waals surface area contributed by atoms with Crippen LogP contribution in [-0.2, 0) is 6.54 Å². The Morgan fingerprint density at radius 3 is 2.87 bits per heavy atom. The molecule has 0 unspecified atom stereocenters. The maximum absolute atomic E-state index is 13.6. The van der Waals surface area contributed by atoms with Crippen molar-refractivity contribution in [2.24, 2.45) is 5.92 Å². The minimum atomic E-state index is -0.0926. The SMILES string of the molecule is Cc1cccc(CN2CC(CO)C2)c1F. The zero-order valence-corrected chi connectivity index (χ0v) is 8.91. The second-order valence-corrected chi connectivity index (χ2v) is 4.29. The Balaban J connectivity index is 1.97. The van der Waals surface area contributed by atoms with E-state index >= 15 is 0 Å². The van der Waals surface area contributed by atoms with Crippen molar-refractivity contribution in [3.05, 3.63) is 35.1 Å². The molecule has 1 aromatic rings. The van der Waals surface area contributed by atoms with E-state index in [1.165, 1.54) is 0 Å². The van der Waals surface area contributed by atoms with Crippen LogP contribution >= 0.6 is 0 Å². The number of aliphatic hydroxyl groups excluding tert-OH is 1. The van der Waals surface area contributed by atoms with Crippen molar-refractivity contribution in [2.45, 2.75) is 13.5 Å². The summed E-state index contributed by atoms with van der Waals surface area (Å²) in [6.45, 7) is 4.44. The molecule has 0 radical (unpaired) electrons. The average molecular weight is 209 g/mol. The number of rotatable bonds is 3. The number of likely N-dealkylation sites (tertiary alicyclic amines) is 1. The van der Waals surface area contributed by atoms with Crippen molar-refractivity contribution in [1.82, 2.24) is 4.90 Å². The molecule has 0 aliphatic carbocycles. The van der Waals surface area contributed by atoms with Gasteiger partial charge in [0.15, 0.2) is 0 Å². The fourth-order valence-corrected chi connectivity index (χ4v) is 1.99. The molecule has 82 valence electrons. The third-order valence-electron chi connectivity index (χ3n) is 2.96. The Hall–Kier alpha value is -0.930. The van der Waals surface area contributed by atoms with Gasteiger partial charge in [0.1, 0.15) is 5.82 Å². The average Bonchev–Trinajstić information content (AvgIpc) is 2.17. The summed E-state index contributed by atoms with van der Waals surface area (Å²) < 4.78 is 13.6. The Kier molecular flexibility index (Phi) is 3.03. The fourth-order valence-electron chi connectivity index (χ4n) is 1.99. The van der Waals surface area contributed by atoms with E-state index in [0.717, 1.165) is 18.7 Å². The second kappa shape index (κ2) is 4.29. The Bertz CT molecular complexity index is 347. The third-order valence-corrected chi connectivity index (χ3v) is 2.96. The van der Waals surface area contributed by atoms with Crippen LogP contribution in [0.5, 0.6) is 0 Å². The van der Waals surface area contributed by atoms with Gasteiger partial charge in [0.05, 0.1) is 0 Å². The van der Waals surface area contributed by atoms with Crippen LogP contribution in [-0.4, -0.2) is 29.7 Å². The predicted octanol–water partition coefficient (Wildman–Crippen LogP) is 1.56. The molecule has 0 saturated carbocycles. The maximum Gasteiger partial charge on any atom is 0.130 e. The molecular weight excluding hydrogens is 193 g/mol. The lowest BCUT2D eigenvalue weighted by atomic mass is 10.00. The molecule has 1 aliphatic rings. The zero-order chi connectivity index (χ0) is 10.8. The van der Waals surface area contributed by atoms with Crippen LogP contribution < -0.4 is 0 Å². The smallest absolute Gasteiger partial charge is 0.130 e. The molecule has 0 aromatic heterocycles. The molecule has 0 bridgehead atoms. The van der Waals surface area contributed by atoms with E-state index in [-0.39, 0.29) is 12.4 Å². The minimum Gasteiger partial charge on any atom is -0.396 e. The van der Waals surface area contributed by atoms with E-state index < -0.39 is 0 Å². The van der Waals surface area contributed by atoms with E-state index in [1.807, 2.05) is 12.1 Å². The highest BCUT2D eigenvalue weighted by molar-refractivity contribution is 5.24. The summed E-state index contributed by atoms with van der Waals surface area (Å²) in [4.78, 5) is 2.15. The summed E-state index contributed by atoms with van der Waals surface area (Å²) in [5.74, 6) is 0.294. The molecule has 1 N–H and O–H groups in total. The molecule has 2 nitrogen and oxygen atoms in total. The predicted molar refractivity (Wildman–Crippen MR) is 57.0 cm³/mol. The molecule has 1 aliphatic heterocycles. The van der Waals surface area contributed by atoms with Gasteiger partial charge in [-0.1, -0.05) is 18.2 Å². The van der Waals surface area contributed by atoms with Crippen LogP contribution in [0, 0.1) is 18.7 Å². The number of aliphatic hydroxyl groups is 1. The number of halogens is 1. The van der Waals surface area contributed by atoms with Crippen molar-refractivity contribution >= 4 is 0 Å². The van der Waals surface area contributed by atoms with Gasteiger partial charge in [-0.05, 0) is 12.5 Å². The molecule has 2 rings (SSSR count). The van der Waals surface area contributed by atoms with E-state index in [9.17, 15) is 4.39 Å². The van der Waals surface area contributed by atoms with Crippen molar-refractivity contribution in [1.29, 1.82) is 0 Å². The van der Waals surface area contributed by atoms with Crippen molar-refractivity contribution in [3.63, 3.8) is 0 Å². The molecule has 1 aromatic carbocycles. The summed E-state index contributed by atoms with van der Waals surface area (Å²) in [7, 11) is 0. The molecule has 0 amide bonds. The fraction of sp³-hybridized carbons (Fsp3) is 0.500. The lowest BCUT2D eigenvalue weighted by molar-refractivity contribution is 0.0471. The number of aryl methyl sites for hydroxylation is 1. The molecule has 3 heteroatoms. The first-order valence-electron chi connectivity index (χ1n) is 5.28. The Morgan fingerprint density at radius 1 is 1.47 bits per heavy atom. The number of hydrogen-bond acceptors (Lipinski definition) is 2. The summed E-state index contributed by atoms with van der Waals surface area (Å²) in [6, 6.07) is 5.50. The Morgan fingerprint density at radius 2 is 2.20 bits per heavy atom. The summed E-state index contributed by atoms with van der Waals surface area (Å²) >= 11 is 0. The quantitative estimate of drug-likeness (QED) is 0.816. The van der Waals surface area contributed by atoms with Gasteiger partial charge in [0.25, 0.3) is 0 Å². The monoisotopic (exact) mass is 209 g/mol. The van der Waals surface area contributed by atoms with Crippen LogP contribution in [0.1, 0.15) is 11.1 Å². The van der Waals surface area contributed by atoms with E-state index in [2.05, 4.69) is 4.90 Å². The lowest BCUT2D eigenvalue weighted by Crippen LogP contribution is -2.47. The van der Waals surface area contributed by atoms with Crippen LogP contribution in [0.2, 0.25) is 0 Å². The van der Waals surface area contributed by atoms with Gasteiger partial charge in [0, 0.05) is 37.7 Å². The summed E-state index contributed by atoms with van der Waals surface area (Å²) in [5, 5.41) is 8.87. The first-order chi connectivity index (χ1) is 7.20. The normalized spacial score (nSPS) is 17.8. The highest BCUT2D eigenvalue weighted by atomic mass is 19.1. The topological polar surface area (TPSA) is 23.5 Å².